The number of hydrogen-bond acceptors (Lipinski definition) is 4. The van der Waals surface area contributed by atoms with Crippen molar-refractivity contribution in [3.8, 4) is 5.88 Å². The molecule has 5 nitrogen and oxygen atoms in total. The zero-order chi connectivity index (χ0) is 13.3. The van der Waals surface area contributed by atoms with Gasteiger partial charge in [0.25, 0.3) is 0 Å². The van der Waals surface area contributed by atoms with E-state index in [1.54, 1.807) is 24.3 Å². The molecule has 2 rings (SSSR count). The number of ether oxygens (including phenoxy) is 1. The maximum atomic E-state index is 10.9. The van der Waals surface area contributed by atoms with Gasteiger partial charge in [-0.25, -0.2) is 4.98 Å². The molecule has 0 aliphatic carbocycles. The highest BCUT2D eigenvalue weighted by molar-refractivity contribution is 6.36. The van der Waals surface area contributed by atoms with Crippen molar-refractivity contribution in [3.63, 3.8) is 0 Å². The highest BCUT2D eigenvalue weighted by Crippen LogP contribution is 2.30. The van der Waals surface area contributed by atoms with Crippen LogP contribution in [0.5, 0.6) is 5.88 Å². The van der Waals surface area contributed by atoms with Crippen molar-refractivity contribution in [1.29, 1.82) is 0 Å². The summed E-state index contributed by atoms with van der Waals surface area (Å²) in [5.41, 5.74) is 6.55. The Balaban J connectivity index is 2.61. The Bertz CT molecular complexity index is 616. The van der Waals surface area contributed by atoms with Crippen LogP contribution in [0.3, 0.4) is 0 Å². The third-order valence-electron chi connectivity index (χ3n) is 2.62. The number of aromatic nitrogens is 1. The van der Waals surface area contributed by atoms with Crippen LogP contribution in [-0.2, 0) is 4.79 Å². The molecule has 0 amide bonds. The van der Waals surface area contributed by atoms with Crippen LogP contribution in [0.15, 0.2) is 24.3 Å². The normalized spacial score (nSPS) is 12.4. The summed E-state index contributed by atoms with van der Waals surface area (Å²) in [7, 11) is 1.52. The summed E-state index contributed by atoms with van der Waals surface area (Å²) in [4.78, 5) is 15.1. The van der Waals surface area contributed by atoms with E-state index in [9.17, 15) is 4.79 Å². The molecule has 0 saturated heterocycles. The molecule has 1 heterocycles. The number of nitrogens with two attached hydrogens (primary N) is 1. The van der Waals surface area contributed by atoms with Crippen LogP contribution >= 0.6 is 11.6 Å². The number of carbonyl (C=O) groups is 1. The minimum atomic E-state index is -1.15. The molecule has 1 aromatic heterocycles. The van der Waals surface area contributed by atoms with Crippen LogP contribution in [-0.4, -0.2) is 23.2 Å². The number of benzene rings is 1. The molecule has 1 atom stereocenters. The molecule has 0 bridgehead atoms. The summed E-state index contributed by atoms with van der Waals surface area (Å²) >= 11 is 6.15. The van der Waals surface area contributed by atoms with Crippen LogP contribution in [0, 0.1) is 0 Å². The van der Waals surface area contributed by atoms with Gasteiger partial charge in [0.2, 0.25) is 5.88 Å². The first-order chi connectivity index (χ1) is 8.54. The second kappa shape index (κ2) is 4.80. The number of nitrogens with zero attached hydrogens (tertiary/aromatic N) is 1. The Hall–Kier alpha value is -1.85. The van der Waals surface area contributed by atoms with Gasteiger partial charge in [0.15, 0.2) is 0 Å². The monoisotopic (exact) mass is 266 g/mol. The van der Waals surface area contributed by atoms with E-state index in [1.807, 2.05) is 0 Å². The summed E-state index contributed by atoms with van der Waals surface area (Å²) < 4.78 is 5.01. The Morgan fingerprint density at radius 3 is 2.78 bits per heavy atom. The average Bonchev–Trinajstić information content (AvgIpc) is 2.37. The van der Waals surface area contributed by atoms with Crippen molar-refractivity contribution in [1.82, 2.24) is 4.98 Å². The third kappa shape index (κ3) is 2.10. The van der Waals surface area contributed by atoms with Gasteiger partial charge < -0.3 is 15.6 Å². The number of pyridine rings is 1. The lowest BCUT2D eigenvalue weighted by atomic mass is 10.0. The number of aliphatic carboxylic acids is 1. The maximum Gasteiger partial charge on any atom is 0.325 e. The predicted molar refractivity (Wildman–Crippen MR) is 67.9 cm³/mol. The van der Waals surface area contributed by atoms with Crippen LogP contribution in [0.2, 0.25) is 5.02 Å². The molecule has 2 aromatic rings. The van der Waals surface area contributed by atoms with Gasteiger partial charge in [-0.2, -0.15) is 0 Å². The summed E-state index contributed by atoms with van der Waals surface area (Å²) in [5.74, 6) is -0.661. The number of methoxy groups -OCH3 is 1. The molecule has 0 radical (unpaired) electrons. The smallest absolute Gasteiger partial charge is 0.325 e. The van der Waals surface area contributed by atoms with E-state index in [2.05, 4.69) is 4.98 Å². The topological polar surface area (TPSA) is 85.4 Å². The van der Waals surface area contributed by atoms with Crippen molar-refractivity contribution < 1.29 is 14.6 Å². The molecule has 0 fully saturated rings. The number of carboxylic acid groups (broad SMARTS) is 1. The minimum Gasteiger partial charge on any atom is -0.481 e. The van der Waals surface area contributed by atoms with Crippen molar-refractivity contribution in [3.05, 3.63) is 34.9 Å². The quantitative estimate of drug-likeness (QED) is 0.887. The Kier molecular flexibility index (Phi) is 3.36. The van der Waals surface area contributed by atoms with Gasteiger partial charge in [0, 0.05) is 11.5 Å². The number of halogens is 1. The van der Waals surface area contributed by atoms with Crippen LogP contribution < -0.4 is 10.5 Å². The number of hydrogen-bond donors (Lipinski definition) is 2. The molecular formula is C12H11ClN2O3. The van der Waals surface area contributed by atoms with Gasteiger partial charge in [-0.15, -0.1) is 0 Å². The number of fused-ring (bicyclic) bond motifs is 1. The molecule has 1 unspecified atom stereocenters. The average molecular weight is 267 g/mol. The summed E-state index contributed by atoms with van der Waals surface area (Å²) in [6.07, 6.45) is 0. The number of carboxylic acids is 1. The highest BCUT2D eigenvalue weighted by Gasteiger charge is 2.19. The largest absolute Gasteiger partial charge is 0.481 e. The third-order valence-corrected chi connectivity index (χ3v) is 3.04. The van der Waals surface area contributed by atoms with E-state index >= 15 is 0 Å². The fraction of sp³-hybridized carbons (Fsp3) is 0.167. The van der Waals surface area contributed by atoms with Gasteiger partial charge in [-0.3, -0.25) is 4.79 Å². The lowest BCUT2D eigenvalue weighted by molar-refractivity contribution is -0.138. The van der Waals surface area contributed by atoms with E-state index in [1.165, 1.54) is 7.11 Å². The van der Waals surface area contributed by atoms with Gasteiger partial charge >= 0.3 is 5.97 Å². The molecular weight excluding hydrogens is 256 g/mol. The van der Waals surface area contributed by atoms with Crippen molar-refractivity contribution in [2.45, 2.75) is 6.04 Å². The van der Waals surface area contributed by atoms with Crippen LogP contribution in [0.25, 0.3) is 10.9 Å². The highest BCUT2D eigenvalue weighted by atomic mass is 35.5. The first kappa shape index (κ1) is 12.6. The second-order valence-corrected chi connectivity index (χ2v) is 4.08. The lowest BCUT2D eigenvalue weighted by Gasteiger charge is -2.11. The van der Waals surface area contributed by atoms with E-state index in [-0.39, 0.29) is 0 Å². The van der Waals surface area contributed by atoms with E-state index in [4.69, 9.17) is 27.2 Å². The summed E-state index contributed by atoms with van der Waals surface area (Å²) in [6, 6.07) is 5.47. The first-order valence-electron chi connectivity index (χ1n) is 5.16. The van der Waals surface area contributed by atoms with Crippen molar-refractivity contribution >= 4 is 28.5 Å². The molecule has 0 aliphatic heterocycles. The molecule has 3 N–H and O–H groups in total. The summed E-state index contributed by atoms with van der Waals surface area (Å²) in [5, 5.41) is 9.84. The van der Waals surface area contributed by atoms with Crippen LogP contribution in [0.4, 0.5) is 0 Å². The lowest BCUT2D eigenvalue weighted by Crippen LogP contribution is -2.21. The predicted octanol–water partition coefficient (Wildman–Crippen LogP) is 1.98. The molecule has 0 saturated carbocycles. The molecule has 94 valence electrons. The Morgan fingerprint density at radius 2 is 2.17 bits per heavy atom. The van der Waals surface area contributed by atoms with Crippen molar-refractivity contribution in [2.24, 2.45) is 5.73 Å². The molecule has 0 aliphatic rings. The minimum absolute atomic E-state index is 0.303. The van der Waals surface area contributed by atoms with Crippen molar-refractivity contribution in [2.75, 3.05) is 7.11 Å². The van der Waals surface area contributed by atoms with Gasteiger partial charge in [0.05, 0.1) is 17.6 Å². The fourth-order valence-corrected chi connectivity index (χ4v) is 1.99. The Labute approximate surface area is 108 Å². The second-order valence-electron chi connectivity index (χ2n) is 3.70. The zero-order valence-electron chi connectivity index (χ0n) is 9.55. The van der Waals surface area contributed by atoms with Crippen LogP contribution in [0.1, 0.15) is 11.6 Å². The maximum absolute atomic E-state index is 10.9. The SMILES string of the molecule is COc1ccc2c(Cl)c(C(N)C(=O)O)ccc2n1. The van der Waals surface area contributed by atoms with E-state index in [0.29, 0.717) is 27.4 Å². The molecule has 1 aromatic carbocycles. The number of rotatable bonds is 3. The zero-order valence-corrected chi connectivity index (χ0v) is 10.3. The fourth-order valence-electron chi connectivity index (χ4n) is 1.65. The summed E-state index contributed by atoms with van der Waals surface area (Å²) in [6.45, 7) is 0. The molecule has 6 heteroatoms. The van der Waals surface area contributed by atoms with E-state index < -0.39 is 12.0 Å². The van der Waals surface area contributed by atoms with Gasteiger partial charge in [-0.1, -0.05) is 17.7 Å². The molecule has 18 heavy (non-hydrogen) atoms. The molecule has 0 spiro atoms. The Morgan fingerprint density at radius 1 is 1.44 bits per heavy atom. The standard InChI is InChI=1S/C12H11ClN2O3/c1-18-9-5-3-6-8(15-9)4-2-7(10(6)13)11(14)12(16)17/h2-5,11H,14H2,1H3,(H,16,17). The van der Waals surface area contributed by atoms with Gasteiger partial charge in [-0.05, 0) is 17.7 Å². The van der Waals surface area contributed by atoms with E-state index in [0.717, 1.165) is 0 Å². The van der Waals surface area contributed by atoms with Gasteiger partial charge in [0.1, 0.15) is 6.04 Å². The first-order valence-corrected chi connectivity index (χ1v) is 5.54.